The Bertz CT molecular complexity index is 1980. The van der Waals surface area contributed by atoms with Gasteiger partial charge in [-0.3, -0.25) is 0 Å². The van der Waals surface area contributed by atoms with E-state index in [1.54, 1.807) is 0 Å². The predicted octanol–water partition coefficient (Wildman–Crippen LogP) is 13.4. The summed E-state index contributed by atoms with van der Waals surface area (Å²) in [6, 6.07) is 32.0. The first-order valence-electron chi connectivity index (χ1n) is 18.9. The number of fused-ring (bicyclic) bond motifs is 2. The molecule has 0 nitrogen and oxygen atoms in total. The fourth-order valence-electron chi connectivity index (χ4n) is 8.97. The van der Waals surface area contributed by atoms with Gasteiger partial charge in [-0.2, -0.15) is 0 Å². The number of allylic oxidation sites excluding steroid dienone is 3. The van der Waals surface area contributed by atoms with Crippen LogP contribution in [0.1, 0.15) is 127 Å². The Morgan fingerprint density at radius 1 is 0.647 bits per heavy atom. The van der Waals surface area contributed by atoms with Gasteiger partial charge in [0.1, 0.15) is 0 Å². The van der Waals surface area contributed by atoms with Crippen LogP contribution < -0.4 is 0 Å². The smallest absolute Gasteiger partial charge is 0.0923 e. The molecule has 0 radical (unpaired) electrons. The second kappa shape index (κ2) is 14.4. The van der Waals surface area contributed by atoms with Gasteiger partial charge >= 0.3 is 0 Å². The van der Waals surface area contributed by atoms with Gasteiger partial charge in [-0.15, -0.1) is 23.2 Å². The molecule has 0 amide bonds. The van der Waals surface area contributed by atoms with E-state index in [1.807, 2.05) is 0 Å². The fraction of sp³-hybridized carbons (Fsp3) is 0.404. The van der Waals surface area contributed by atoms with Crippen LogP contribution in [0.5, 0.6) is 0 Å². The molecule has 264 valence electrons. The minimum absolute atomic E-state index is 0. The zero-order valence-electron chi connectivity index (χ0n) is 31.9. The molecule has 7 rings (SSSR count). The number of halogens is 2. The standard InChI is InChI=1S/C47H54Cl2Si.Zr/c1-30-28-40-37(33-20-24-35(25-21-33)44(3,4)5)16-12-18-41(40)46(30,48)50-47(49)31(2)39(29-32-14-10-9-11-15-32)43-38(17-13-19-42(43)47)34-22-26-36(27-23-34)45(6,7)8;/h12-13,16-28,32H,9-11,14-15,29,50H2,1-8H3;. The molecule has 51 heavy (non-hydrogen) atoms. The van der Waals surface area contributed by atoms with E-state index >= 15 is 0 Å². The third kappa shape index (κ3) is 7.07. The normalized spacial score (nSPS) is 22.3. The summed E-state index contributed by atoms with van der Waals surface area (Å²) in [5.74, 6) is 0.713. The van der Waals surface area contributed by atoms with Crippen LogP contribution in [0.25, 0.3) is 33.9 Å². The Labute approximate surface area is 339 Å². The average molecular weight is 809 g/mol. The van der Waals surface area contributed by atoms with Crippen molar-refractivity contribution in [1.82, 2.24) is 0 Å². The van der Waals surface area contributed by atoms with Crippen molar-refractivity contribution in [2.45, 2.75) is 114 Å². The van der Waals surface area contributed by atoms with Gasteiger partial charge < -0.3 is 0 Å². The molecule has 2 unspecified atom stereocenters. The summed E-state index contributed by atoms with van der Waals surface area (Å²) in [6.45, 7) is 18.2. The number of rotatable bonds is 6. The van der Waals surface area contributed by atoms with Crippen LogP contribution in [0.4, 0.5) is 0 Å². The van der Waals surface area contributed by atoms with Crippen LogP contribution in [0.2, 0.25) is 0 Å². The van der Waals surface area contributed by atoms with Gasteiger partial charge in [-0.05, 0) is 104 Å². The minimum atomic E-state index is -1.25. The molecule has 0 heterocycles. The van der Waals surface area contributed by atoms with E-state index in [4.69, 9.17) is 23.2 Å². The molecule has 4 aromatic carbocycles. The van der Waals surface area contributed by atoms with E-state index in [9.17, 15) is 0 Å². The molecule has 2 atom stereocenters. The molecule has 0 spiro atoms. The Balaban J connectivity index is 0.00000448. The van der Waals surface area contributed by atoms with Crippen molar-refractivity contribution in [3.05, 3.63) is 129 Å². The summed E-state index contributed by atoms with van der Waals surface area (Å²) < 4.78 is -1.16. The number of hydrogen-bond acceptors (Lipinski definition) is 0. The maximum atomic E-state index is 8.22. The van der Waals surface area contributed by atoms with Crippen LogP contribution in [0.3, 0.4) is 0 Å². The molecule has 0 saturated heterocycles. The minimum Gasteiger partial charge on any atom is -0.114 e. The quantitative estimate of drug-likeness (QED) is 0.134. The van der Waals surface area contributed by atoms with Crippen LogP contribution in [0, 0.1) is 5.92 Å². The summed E-state index contributed by atoms with van der Waals surface area (Å²) >= 11 is 16.3. The molecule has 3 aliphatic rings. The van der Waals surface area contributed by atoms with Crippen molar-refractivity contribution in [3.8, 4) is 22.3 Å². The monoisotopic (exact) mass is 806 g/mol. The first-order valence-corrected chi connectivity index (χ1v) is 21.0. The Hall–Kier alpha value is -1.96. The van der Waals surface area contributed by atoms with E-state index in [-0.39, 0.29) is 37.0 Å². The Kier molecular flexibility index (Phi) is 10.9. The van der Waals surface area contributed by atoms with E-state index in [0.717, 1.165) is 6.42 Å². The third-order valence-corrected chi connectivity index (χ3v) is 16.8. The van der Waals surface area contributed by atoms with Crippen molar-refractivity contribution < 1.29 is 26.2 Å². The van der Waals surface area contributed by atoms with E-state index in [2.05, 4.69) is 146 Å². The SMILES string of the molecule is CC1=Cc2c(-c3ccc(C(C)(C)C)cc3)cccc2C1(Cl)[SiH2]C1(Cl)C(C)=C(CC2CCCCC2)c2c(-c3ccc(C(C)(C)C)cc3)cccc21.[Zr]. The van der Waals surface area contributed by atoms with Gasteiger partial charge in [0.2, 0.25) is 0 Å². The van der Waals surface area contributed by atoms with E-state index in [0.29, 0.717) is 5.92 Å². The van der Waals surface area contributed by atoms with Crippen molar-refractivity contribution in [3.63, 3.8) is 0 Å². The number of benzene rings is 4. The van der Waals surface area contributed by atoms with Gasteiger partial charge in [0, 0.05) is 26.2 Å². The van der Waals surface area contributed by atoms with Gasteiger partial charge in [-0.25, -0.2) is 0 Å². The molecule has 4 aromatic rings. The van der Waals surface area contributed by atoms with Gasteiger partial charge in [0.05, 0.1) is 18.5 Å². The maximum Gasteiger partial charge on any atom is 0.0923 e. The van der Waals surface area contributed by atoms with Gasteiger partial charge in [0.15, 0.2) is 0 Å². The average Bonchev–Trinajstić information content (AvgIpc) is 3.46. The summed E-state index contributed by atoms with van der Waals surface area (Å²) in [5.41, 5.74) is 17.2. The molecule has 1 fully saturated rings. The Morgan fingerprint density at radius 2 is 1.16 bits per heavy atom. The second-order valence-corrected chi connectivity index (χ2v) is 22.2. The topological polar surface area (TPSA) is 0 Å². The van der Waals surface area contributed by atoms with Crippen molar-refractivity contribution in [1.29, 1.82) is 0 Å². The largest absolute Gasteiger partial charge is 0.114 e. The summed E-state index contributed by atoms with van der Waals surface area (Å²) in [5, 5.41) is 0. The van der Waals surface area contributed by atoms with Crippen LogP contribution in [0.15, 0.2) is 96.1 Å². The summed E-state index contributed by atoms with van der Waals surface area (Å²) in [6.07, 6.45) is 10.1. The zero-order chi connectivity index (χ0) is 35.6. The molecule has 0 aliphatic heterocycles. The van der Waals surface area contributed by atoms with Gasteiger partial charge in [-0.1, -0.05) is 170 Å². The third-order valence-electron chi connectivity index (χ3n) is 12.2. The van der Waals surface area contributed by atoms with Crippen molar-refractivity contribution in [2.24, 2.45) is 5.92 Å². The Morgan fingerprint density at radius 3 is 1.71 bits per heavy atom. The predicted molar refractivity (Wildman–Crippen MR) is 222 cm³/mol. The molecule has 0 bridgehead atoms. The second-order valence-electron chi connectivity index (χ2n) is 17.6. The summed E-state index contributed by atoms with van der Waals surface area (Å²) in [4.78, 5) is 0. The number of alkyl halides is 2. The number of hydrogen-bond donors (Lipinski definition) is 0. The van der Waals surface area contributed by atoms with E-state index < -0.39 is 18.5 Å². The first kappa shape index (κ1) is 38.8. The molecular formula is C47H54Cl2SiZr. The van der Waals surface area contributed by atoms with Crippen LogP contribution >= 0.6 is 23.2 Å². The van der Waals surface area contributed by atoms with Crippen LogP contribution in [-0.4, -0.2) is 9.52 Å². The molecule has 0 N–H and O–H groups in total. The van der Waals surface area contributed by atoms with E-state index in [1.165, 1.54) is 104 Å². The van der Waals surface area contributed by atoms with Crippen LogP contribution in [-0.2, 0) is 46.0 Å². The molecule has 1 saturated carbocycles. The fourth-order valence-corrected chi connectivity index (χ4v) is 13.4. The maximum absolute atomic E-state index is 8.22. The van der Waals surface area contributed by atoms with Crippen molar-refractivity contribution >= 4 is 44.4 Å². The molecule has 4 heteroatoms. The first-order chi connectivity index (χ1) is 23.6. The molecule has 3 aliphatic carbocycles. The molecular weight excluding hydrogens is 755 g/mol. The van der Waals surface area contributed by atoms with Gasteiger partial charge in [0.25, 0.3) is 0 Å². The van der Waals surface area contributed by atoms with Crippen molar-refractivity contribution in [2.75, 3.05) is 0 Å². The summed E-state index contributed by atoms with van der Waals surface area (Å²) in [7, 11) is -1.25. The zero-order valence-corrected chi connectivity index (χ0v) is 37.3. The molecule has 0 aromatic heterocycles.